The van der Waals surface area contributed by atoms with Gasteiger partial charge in [0.05, 0.1) is 5.69 Å². The highest BCUT2D eigenvalue weighted by Gasteiger charge is 2.32. The second-order valence-corrected chi connectivity index (χ2v) is 6.07. The van der Waals surface area contributed by atoms with Gasteiger partial charge in [-0.05, 0) is 30.3 Å². The number of nitrogens with zero attached hydrogens (tertiary/aromatic N) is 4. The number of rotatable bonds is 3. The second kappa shape index (κ2) is 5.89. The number of fused-ring (bicyclic) bond motifs is 1. The van der Waals surface area contributed by atoms with Gasteiger partial charge in [0.15, 0.2) is 5.82 Å². The minimum absolute atomic E-state index is 0.751. The van der Waals surface area contributed by atoms with E-state index in [1.54, 1.807) is 0 Å². The molecular weight excluding hydrogens is 296 g/mol. The summed E-state index contributed by atoms with van der Waals surface area (Å²) in [4.78, 5) is 11.4. The van der Waals surface area contributed by atoms with E-state index in [1.807, 2.05) is 18.3 Å². The van der Waals surface area contributed by atoms with Crippen LogP contribution < -0.4 is 14.7 Å². The van der Waals surface area contributed by atoms with Gasteiger partial charge in [-0.25, -0.2) is 4.98 Å². The van der Waals surface area contributed by atoms with E-state index in [4.69, 9.17) is 4.98 Å². The third-order valence-corrected chi connectivity index (χ3v) is 4.31. The van der Waals surface area contributed by atoms with Crippen molar-refractivity contribution in [1.82, 2.24) is 4.98 Å². The molecule has 0 amide bonds. The standard InChI is InChI=1S/C20H20N4/c1-22(2)18-13-14-21-20-19(18)23(16-9-5-3-6-10-16)15-24(20)17-11-7-4-8-12-17/h3-14H,15H2,1-2H3. The lowest BCUT2D eigenvalue weighted by Crippen LogP contribution is -2.24. The zero-order chi connectivity index (χ0) is 16.5. The van der Waals surface area contributed by atoms with Crippen LogP contribution in [0.2, 0.25) is 0 Å². The largest absolute Gasteiger partial charge is 0.376 e. The molecule has 0 bridgehead atoms. The molecule has 0 saturated carbocycles. The molecule has 2 heterocycles. The summed E-state index contributed by atoms with van der Waals surface area (Å²) in [5, 5.41) is 0. The summed E-state index contributed by atoms with van der Waals surface area (Å²) in [6.07, 6.45) is 1.89. The number of para-hydroxylation sites is 2. The fraction of sp³-hybridized carbons (Fsp3) is 0.150. The fourth-order valence-electron chi connectivity index (χ4n) is 3.16. The third kappa shape index (κ3) is 2.36. The summed E-state index contributed by atoms with van der Waals surface area (Å²) in [6, 6.07) is 23.0. The molecule has 2 aromatic carbocycles. The summed E-state index contributed by atoms with van der Waals surface area (Å²) in [5.41, 5.74) is 4.65. The topological polar surface area (TPSA) is 22.6 Å². The summed E-state index contributed by atoms with van der Waals surface area (Å²) in [5.74, 6) is 0.997. The first kappa shape index (κ1) is 14.6. The van der Waals surface area contributed by atoms with Crippen molar-refractivity contribution in [3.8, 4) is 0 Å². The molecule has 0 unspecified atom stereocenters. The van der Waals surface area contributed by atoms with Crippen molar-refractivity contribution in [2.24, 2.45) is 0 Å². The van der Waals surface area contributed by atoms with E-state index in [0.29, 0.717) is 0 Å². The van der Waals surface area contributed by atoms with E-state index in [2.05, 4.69) is 83.4 Å². The Morgan fingerprint density at radius 1 is 0.792 bits per heavy atom. The zero-order valence-electron chi connectivity index (χ0n) is 13.9. The lowest BCUT2D eigenvalue weighted by atomic mass is 10.2. The third-order valence-electron chi connectivity index (χ3n) is 4.31. The number of benzene rings is 2. The Bertz CT molecular complexity index is 831. The average molecular weight is 316 g/mol. The molecule has 1 aromatic heterocycles. The van der Waals surface area contributed by atoms with Crippen molar-refractivity contribution in [3.63, 3.8) is 0 Å². The molecule has 0 aliphatic carbocycles. The first-order valence-corrected chi connectivity index (χ1v) is 8.07. The molecule has 24 heavy (non-hydrogen) atoms. The molecule has 0 saturated heterocycles. The Morgan fingerprint density at radius 3 is 1.96 bits per heavy atom. The maximum atomic E-state index is 4.69. The number of anilines is 5. The Balaban J connectivity index is 1.89. The first-order chi connectivity index (χ1) is 11.8. The van der Waals surface area contributed by atoms with E-state index in [1.165, 1.54) is 11.4 Å². The zero-order valence-corrected chi connectivity index (χ0v) is 13.9. The summed E-state index contributed by atoms with van der Waals surface area (Å²) in [7, 11) is 4.15. The molecule has 0 radical (unpaired) electrons. The van der Waals surface area contributed by atoms with Gasteiger partial charge in [0.2, 0.25) is 0 Å². The lowest BCUT2D eigenvalue weighted by Gasteiger charge is -2.24. The Kier molecular flexibility index (Phi) is 3.58. The summed E-state index contributed by atoms with van der Waals surface area (Å²) < 4.78 is 0. The number of hydrogen-bond acceptors (Lipinski definition) is 4. The molecule has 0 N–H and O–H groups in total. The van der Waals surface area contributed by atoms with Crippen molar-refractivity contribution in [2.75, 3.05) is 35.5 Å². The molecule has 4 rings (SSSR count). The molecule has 3 aromatic rings. The summed E-state index contributed by atoms with van der Waals surface area (Å²) in [6.45, 7) is 0.751. The van der Waals surface area contributed by atoms with Gasteiger partial charge in [-0.1, -0.05) is 36.4 Å². The van der Waals surface area contributed by atoms with Gasteiger partial charge < -0.3 is 14.7 Å². The molecule has 1 aliphatic rings. The van der Waals surface area contributed by atoms with Crippen molar-refractivity contribution in [3.05, 3.63) is 72.9 Å². The van der Waals surface area contributed by atoms with Crippen LogP contribution >= 0.6 is 0 Å². The van der Waals surface area contributed by atoms with Gasteiger partial charge in [0.1, 0.15) is 12.4 Å². The molecule has 4 heteroatoms. The molecule has 4 nitrogen and oxygen atoms in total. The average Bonchev–Trinajstić information content (AvgIpc) is 3.03. The first-order valence-electron chi connectivity index (χ1n) is 8.07. The Labute approximate surface area is 142 Å². The van der Waals surface area contributed by atoms with Crippen molar-refractivity contribution in [2.45, 2.75) is 0 Å². The van der Waals surface area contributed by atoms with Gasteiger partial charge in [-0.3, -0.25) is 0 Å². The van der Waals surface area contributed by atoms with Crippen molar-refractivity contribution in [1.29, 1.82) is 0 Å². The lowest BCUT2D eigenvalue weighted by molar-refractivity contribution is 0.980. The second-order valence-electron chi connectivity index (χ2n) is 6.07. The molecule has 1 aliphatic heterocycles. The van der Waals surface area contributed by atoms with Crippen LogP contribution in [-0.4, -0.2) is 25.7 Å². The van der Waals surface area contributed by atoms with Gasteiger partial charge in [0.25, 0.3) is 0 Å². The normalized spacial score (nSPS) is 13.1. The SMILES string of the molecule is CN(C)c1ccnc2c1N(c1ccccc1)CN2c1ccccc1. The van der Waals surface area contributed by atoms with Crippen LogP contribution in [0.15, 0.2) is 72.9 Å². The van der Waals surface area contributed by atoms with E-state index in [9.17, 15) is 0 Å². The van der Waals surface area contributed by atoms with Crippen LogP contribution in [0, 0.1) is 0 Å². The fourth-order valence-corrected chi connectivity index (χ4v) is 3.16. The maximum Gasteiger partial charge on any atom is 0.160 e. The number of hydrogen-bond donors (Lipinski definition) is 0. The van der Waals surface area contributed by atoms with Gasteiger partial charge >= 0.3 is 0 Å². The minimum Gasteiger partial charge on any atom is -0.376 e. The van der Waals surface area contributed by atoms with Crippen LogP contribution in [0.5, 0.6) is 0 Å². The molecular formula is C20H20N4. The molecule has 0 atom stereocenters. The van der Waals surface area contributed by atoms with E-state index >= 15 is 0 Å². The Morgan fingerprint density at radius 2 is 1.38 bits per heavy atom. The van der Waals surface area contributed by atoms with Gasteiger partial charge in [0, 0.05) is 31.7 Å². The monoisotopic (exact) mass is 316 g/mol. The highest BCUT2D eigenvalue weighted by atomic mass is 15.4. The predicted octanol–water partition coefficient (Wildman–Crippen LogP) is 4.39. The predicted molar refractivity (Wildman–Crippen MR) is 101 cm³/mol. The quantitative estimate of drug-likeness (QED) is 0.714. The number of pyridine rings is 1. The minimum atomic E-state index is 0.751. The van der Waals surface area contributed by atoms with Crippen LogP contribution in [-0.2, 0) is 0 Å². The van der Waals surface area contributed by atoms with Gasteiger partial charge in [-0.15, -0.1) is 0 Å². The molecule has 120 valence electrons. The molecule has 0 spiro atoms. The maximum absolute atomic E-state index is 4.69. The number of aromatic nitrogens is 1. The highest BCUT2D eigenvalue weighted by Crippen LogP contribution is 2.47. The van der Waals surface area contributed by atoms with Crippen molar-refractivity contribution >= 4 is 28.6 Å². The highest BCUT2D eigenvalue weighted by molar-refractivity contribution is 5.92. The smallest absolute Gasteiger partial charge is 0.160 e. The van der Waals surface area contributed by atoms with E-state index in [0.717, 1.165) is 23.9 Å². The van der Waals surface area contributed by atoms with Crippen LogP contribution in [0.1, 0.15) is 0 Å². The van der Waals surface area contributed by atoms with Gasteiger partial charge in [-0.2, -0.15) is 0 Å². The van der Waals surface area contributed by atoms with Crippen LogP contribution in [0.4, 0.5) is 28.6 Å². The Hall–Kier alpha value is -3.01. The summed E-state index contributed by atoms with van der Waals surface area (Å²) >= 11 is 0. The molecule has 0 fully saturated rings. The van der Waals surface area contributed by atoms with E-state index < -0.39 is 0 Å². The van der Waals surface area contributed by atoms with E-state index in [-0.39, 0.29) is 0 Å². The van der Waals surface area contributed by atoms with Crippen LogP contribution in [0.3, 0.4) is 0 Å². The van der Waals surface area contributed by atoms with Crippen LogP contribution in [0.25, 0.3) is 0 Å². The van der Waals surface area contributed by atoms with Crippen molar-refractivity contribution < 1.29 is 0 Å².